The van der Waals surface area contributed by atoms with Gasteiger partial charge in [-0.2, -0.15) is 4.98 Å². The van der Waals surface area contributed by atoms with Gasteiger partial charge in [-0.1, -0.05) is 6.42 Å². The van der Waals surface area contributed by atoms with Crippen LogP contribution in [0.15, 0.2) is 10.7 Å². The van der Waals surface area contributed by atoms with Crippen LogP contribution in [0.5, 0.6) is 0 Å². The summed E-state index contributed by atoms with van der Waals surface area (Å²) >= 11 is 0. The highest BCUT2D eigenvalue weighted by atomic mass is 16.4. The lowest BCUT2D eigenvalue weighted by atomic mass is 9.94. The highest BCUT2D eigenvalue weighted by Crippen LogP contribution is 2.37. The van der Waals surface area contributed by atoms with E-state index in [1.807, 2.05) is 6.92 Å². The van der Waals surface area contributed by atoms with Crippen molar-refractivity contribution < 1.29 is 9.21 Å². The Labute approximate surface area is 100.0 Å². The van der Waals surface area contributed by atoms with Crippen LogP contribution in [-0.2, 0) is 4.79 Å². The van der Waals surface area contributed by atoms with E-state index in [1.165, 1.54) is 19.1 Å². The zero-order valence-electron chi connectivity index (χ0n) is 9.90. The first-order valence-electron chi connectivity index (χ1n) is 6.20. The van der Waals surface area contributed by atoms with E-state index in [4.69, 9.17) is 4.42 Å². The third-order valence-corrected chi connectivity index (χ3v) is 3.88. The molecular formula is C12H17N3O2. The molecule has 1 aliphatic heterocycles. The Morgan fingerprint density at radius 2 is 2.47 bits per heavy atom. The van der Waals surface area contributed by atoms with Gasteiger partial charge in [0.25, 0.3) is 0 Å². The molecule has 3 atom stereocenters. The number of aryl methyl sites for hydroxylation is 1. The van der Waals surface area contributed by atoms with Gasteiger partial charge in [0.15, 0.2) is 0 Å². The van der Waals surface area contributed by atoms with Crippen molar-refractivity contribution in [1.29, 1.82) is 0 Å². The second kappa shape index (κ2) is 4.14. The van der Waals surface area contributed by atoms with Crippen LogP contribution in [0.3, 0.4) is 0 Å². The fraction of sp³-hybridized carbons (Fsp3) is 0.667. The number of carbonyl (C=O) groups is 1. The number of hydrogen-bond acceptors (Lipinski definition) is 4. The molecule has 5 heteroatoms. The number of nitrogens with zero attached hydrogens (tertiary/aromatic N) is 1. The molecule has 2 N–H and O–H groups in total. The Kier molecular flexibility index (Phi) is 2.63. The minimum atomic E-state index is -0.0743. The van der Waals surface area contributed by atoms with E-state index in [2.05, 4.69) is 15.6 Å². The van der Waals surface area contributed by atoms with Crippen molar-refractivity contribution in [2.75, 3.05) is 11.9 Å². The normalized spacial score (nSPS) is 31.5. The van der Waals surface area contributed by atoms with Gasteiger partial charge in [0.05, 0.1) is 11.7 Å². The van der Waals surface area contributed by atoms with Crippen LogP contribution in [0.25, 0.3) is 0 Å². The second-order valence-electron chi connectivity index (χ2n) is 5.02. The monoisotopic (exact) mass is 235 g/mol. The predicted molar refractivity (Wildman–Crippen MR) is 62.5 cm³/mol. The van der Waals surface area contributed by atoms with E-state index in [0.29, 0.717) is 17.9 Å². The Balaban J connectivity index is 1.66. The first kappa shape index (κ1) is 10.8. The molecule has 1 amide bonds. The van der Waals surface area contributed by atoms with Gasteiger partial charge < -0.3 is 9.73 Å². The molecular weight excluding hydrogens is 218 g/mol. The summed E-state index contributed by atoms with van der Waals surface area (Å²) in [6.45, 7) is 2.80. The quantitative estimate of drug-likeness (QED) is 0.811. The van der Waals surface area contributed by atoms with Crippen molar-refractivity contribution in [3.63, 3.8) is 0 Å². The molecule has 1 saturated carbocycles. The maximum Gasteiger partial charge on any atom is 0.301 e. The van der Waals surface area contributed by atoms with E-state index < -0.39 is 0 Å². The number of rotatable bonds is 2. The molecule has 17 heavy (non-hydrogen) atoms. The average molecular weight is 235 g/mol. The lowest BCUT2D eigenvalue weighted by molar-refractivity contribution is -0.118. The van der Waals surface area contributed by atoms with E-state index in [-0.39, 0.29) is 11.9 Å². The van der Waals surface area contributed by atoms with Gasteiger partial charge >= 0.3 is 6.01 Å². The van der Waals surface area contributed by atoms with Crippen molar-refractivity contribution in [2.45, 2.75) is 32.2 Å². The van der Waals surface area contributed by atoms with Gasteiger partial charge in [-0.15, -0.1) is 0 Å². The lowest BCUT2D eigenvalue weighted by Gasteiger charge is -2.16. The Hall–Kier alpha value is -1.36. The molecule has 1 aromatic heterocycles. The molecule has 2 aliphatic rings. The molecule has 0 bridgehead atoms. The fourth-order valence-electron chi connectivity index (χ4n) is 3.07. The summed E-state index contributed by atoms with van der Waals surface area (Å²) in [6, 6.07) is 0.227. The molecule has 92 valence electrons. The van der Waals surface area contributed by atoms with Crippen molar-refractivity contribution in [3.8, 4) is 0 Å². The van der Waals surface area contributed by atoms with Crippen LogP contribution in [0.1, 0.15) is 25.0 Å². The fourth-order valence-corrected chi connectivity index (χ4v) is 3.07. The zero-order valence-corrected chi connectivity index (χ0v) is 9.90. The third-order valence-electron chi connectivity index (χ3n) is 3.88. The van der Waals surface area contributed by atoms with Gasteiger partial charge in [0, 0.05) is 0 Å². The molecule has 3 rings (SSSR count). The third kappa shape index (κ3) is 1.95. The summed E-state index contributed by atoms with van der Waals surface area (Å²) in [6.07, 6.45) is 5.19. The summed E-state index contributed by atoms with van der Waals surface area (Å²) in [4.78, 5) is 16.2. The summed E-state index contributed by atoms with van der Waals surface area (Å²) in [5.74, 6) is 1.16. The van der Waals surface area contributed by atoms with Crippen molar-refractivity contribution >= 4 is 11.9 Å². The first-order chi connectivity index (χ1) is 8.24. The van der Waals surface area contributed by atoms with E-state index in [0.717, 1.165) is 18.7 Å². The van der Waals surface area contributed by atoms with Crippen LogP contribution in [0.4, 0.5) is 6.01 Å². The van der Waals surface area contributed by atoms with Gasteiger partial charge in [-0.25, -0.2) is 0 Å². The minimum absolute atomic E-state index is 0.0127. The van der Waals surface area contributed by atoms with E-state index in [1.54, 1.807) is 0 Å². The molecule has 0 spiro atoms. The highest BCUT2D eigenvalue weighted by Gasteiger charge is 2.42. The second-order valence-corrected chi connectivity index (χ2v) is 5.02. The predicted octanol–water partition coefficient (Wildman–Crippen LogP) is 1.31. The molecule has 1 saturated heterocycles. The minimum Gasteiger partial charge on any atom is -0.432 e. The molecule has 0 aromatic carbocycles. The first-order valence-corrected chi connectivity index (χ1v) is 6.20. The van der Waals surface area contributed by atoms with Crippen LogP contribution in [0, 0.1) is 18.8 Å². The topological polar surface area (TPSA) is 67.2 Å². The van der Waals surface area contributed by atoms with Crippen molar-refractivity contribution in [2.24, 2.45) is 11.8 Å². The largest absolute Gasteiger partial charge is 0.432 e. The molecule has 1 aliphatic carbocycles. The maximum atomic E-state index is 12.1. The number of nitrogens with one attached hydrogen (secondary N) is 2. The van der Waals surface area contributed by atoms with Gasteiger partial charge in [0.2, 0.25) is 5.91 Å². The standard InChI is InChI=1S/C12H17N3O2/c1-7-6-17-12(14-7)15-11(16)10-9-4-2-3-8(9)5-13-10/h6,8-10,13H,2-5H2,1H3,(H,14,15,16). The number of fused-ring (bicyclic) bond motifs is 1. The van der Waals surface area contributed by atoms with Crippen LogP contribution in [-0.4, -0.2) is 23.5 Å². The van der Waals surface area contributed by atoms with Crippen molar-refractivity contribution in [3.05, 3.63) is 12.0 Å². The zero-order chi connectivity index (χ0) is 11.8. The molecule has 0 radical (unpaired) electrons. The average Bonchev–Trinajstić information content (AvgIpc) is 2.93. The number of hydrogen-bond donors (Lipinski definition) is 2. The van der Waals surface area contributed by atoms with Crippen molar-refractivity contribution in [1.82, 2.24) is 10.3 Å². The summed E-state index contributed by atoms with van der Waals surface area (Å²) < 4.78 is 5.14. The Bertz CT molecular complexity index is 429. The van der Waals surface area contributed by atoms with E-state index >= 15 is 0 Å². The maximum absolute atomic E-state index is 12.1. The molecule has 2 fully saturated rings. The van der Waals surface area contributed by atoms with Gasteiger partial charge in [0.1, 0.15) is 6.26 Å². The number of anilines is 1. The Morgan fingerprint density at radius 3 is 3.24 bits per heavy atom. The number of amides is 1. The summed E-state index contributed by atoms with van der Waals surface area (Å²) in [7, 11) is 0. The summed E-state index contributed by atoms with van der Waals surface area (Å²) in [5.41, 5.74) is 0.776. The number of aromatic nitrogens is 1. The molecule has 5 nitrogen and oxygen atoms in total. The molecule has 2 heterocycles. The van der Waals surface area contributed by atoms with Gasteiger partial charge in [-0.05, 0) is 38.1 Å². The molecule has 1 aromatic rings. The molecule has 3 unspecified atom stereocenters. The van der Waals surface area contributed by atoms with Crippen LogP contribution < -0.4 is 10.6 Å². The number of oxazole rings is 1. The Morgan fingerprint density at radius 1 is 1.59 bits per heavy atom. The smallest absolute Gasteiger partial charge is 0.301 e. The number of carbonyl (C=O) groups excluding carboxylic acids is 1. The van der Waals surface area contributed by atoms with Crippen LogP contribution >= 0.6 is 0 Å². The SMILES string of the molecule is Cc1coc(NC(=O)C2NCC3CCCC32)n1. The van der Waals surface area contributed by atoms with Gasteiger partial charge in [-0.3, -0.25) is 10.1 Å². The van der Waals surface area contributed by atoms with Crippen LogP contribution in [0.2, 0.25) is 0 Å². The summed E-state index contributed by atoms with van der Waals surface area (Å²) in [5, 5.41) is 6.04. The lowest BCUT2D eigenvalue weighted by Crippen LogP contribution is -2.39. The highest BCUT2D eigenvalue weighted by molar-refractivity contribution is 5.93. The van der Waals surface area contributed by atoms with E-state index in [9.17, 15) is 4.79 Å².